The Labute approximate surface area is 194 Å². The molecule has 1 heterocycles. The maximum atomic E-state index is 13.9. The van der Waals surface area contributed by atoms with Gasteiger partial charge in [0.1, 0.15) is 0 Å². The van der Waals surface area contributed by atoms with Crippen molar-refractivity contribution < 1.29 is 40.2 Å². The maximum absolute atomic E-state index is 13.9. The molecular weight excluding hydrogens is 482 g/mol. The minimum atomic E-state index is -5.09. The van der Waals surface area contributed by atoms with Gasteiger partial charge in [0.2, 0.25) is 16.9 Å². The van der Waals surface area contributed by atoms with Crippen LogP contribution >= 0.6 is 0 Å². The smallest absolute Gasteiger partial charge is 0.450 e. The second-order valence-electron chi connectivity index (χ2n) is 7.10. The zero-order chi connectivity index (χ0) is 26.0. The van der Waals surface area contributed by atoms with Gasteiger partial charge in [-0.3, -0.25) is 9.79 Å². The number of alkyl halides is 6. The number of nitrogens with zero attached hydrogens (tertiary/aromatic N) is 1. The monoisotopic (exact) mass is 500 g/mol. The quantitative estimate of drug-likeness (QED) is 0.361. The Balaban J connectivity index is 2.07. The summed E-state index contributed by atoms with van der Waals surface area (Å²) in [4.78, 5) is 17.0. The first-order chi connectivity index (χ1) is 16.4. The molecule has 0 spiro atoms. The number of methoxy groups -OCH3 is 2. The first-order valence-corrected chi connectivity index (χ1v) is 9.79. The van der Waals surface area contributed by atoms with Crippen LogP contribution in [0.2, 0.25) is 0 Å². The summed E-state index contributed by atoms with van der Waals surface area (Å²) in [6.07, 6.45) is -7.93. The Bertz CT molecular complexity index is 1340. The molecule has 35 heavy (non-hydrogen) atoms. The van der Waals surface area contributed by atoms with E-state index in [4.69, 9.17) is 19.6 Å². The van der Waals surface area contributed by atoms with E-state index in [1.54, 1.807) is 0 Å². The van der Waals surface area contributed by atoms with Crippen LogP contribution in [-0.4, -0.2) is 20.4 Å². The number of allylic oxidation sites excluding steroid dienone is 1. The summed E-state index contributed by atoms with van der Waals surface area (Å²) in [6, 6.07) is 6.62. The van der Waals surface area contributed by atoms with Gasteiger partial charge in [-0.25, -0.2) is 0 Å². The molecule has 3 rings (SSSR count). The Hall–Kier alpha value is -3.96. The second kappa shape index (κ2) is 9.72. The summed E-state index contributed by atoms with van der Waals surface area (Å²) in [6.45, 7) is -0.180. The predicted molar refractivity (Wildman–Crippen MR) is 116 cm³/mol. The molecule has 12 heteroatoms. The van der Waals surface area contributed by atoms with Crippen LogP contribution in [-0.2, 0) is 18.9 Å². The van der Waals surface area contributed by atoms with Gasteiger partial charge in [0.05, 0.1) is 37.3 Å². The predicted octanol–water partition coefficient (Wildman–Crippen LogP) is 5.42. The first-order valence-electron chi connectivity index (χ1n) is 9.79. The molecule has 1 aromatic heterocycles. The highest BCUT2D eigenvalue weighted by Crippen LogP contribution is 2.40. The molecule has 0 aliphatic rings. The van der Waals surface area contributed by atoms with Gasteiger partial charge in [-0.05, 0) is 29.8 Å². The topological polar surface area (TPSA) is 87.0 Å². The van der Waals surface area contributed by atoms with E-state index in [9.17, 15) is 31.1 Å². The molecule has 0 aliphatic heterocycles. The summed E-state index contributed by atoms with van der Waals surface area (Å²) in [5, 5.41) is -0.221. The van der Waals surface area contributed by atoms with E-state index in [-0.39, 0.29) is 23.4 Å². The summed E-state index contributed by atoms with van der Waals surface area (Å²) >= 11 is 0. The lowest BCUT2D eigenvalue weighted by atomic mass is 10.0. The highest BCUT2D eigenvalue weighted by Gasteiger charge is 2.40. The van der Waals surface area contributed by atoms with Crippen LogP contribution < -0.4 is 20.6 Å². The molecule has 186 valence electrons. The third-order valence-corrected chi connectivity index (χ3v) is 4.91. The number of hydrogen-bond acceptors (Lipinski definition) is 6. The van der Waals surface area contributed by atoms with E-state index in [2.05, 4.69) is 4.99 Å². The molecule has 0 fully saturated rings. The molecule has 0 unspecified atom stereocenters. The molecule has 0 radical (unpaired) electrons. The lowest BCUT2D eigenvalue weighted by molar-refractivity contribution is -0.153. The van der Waals surface area contributed by atoms with Gasteiger partial charge in [0.15, 0.2) is 11.3 Å². The van der Waals surface area contributed by atoms with Crippen molar-refractivity contribution in [3.8, 4) is 11.5 Å². The number of benzene rings is 2. The molecule has 2 N–H and O–H groups in total. The van der Waals surface area contributed by atoms with Crippen LogP contribution in [0, 0.1) is 0 Å². The fourth-order valence-electron chi connectivity index (χ4n) is 3.27. The molecule has 3 aromatic rings. The van der Waals surface area contributed by atoms with E-state index in [1.807, 2.05) is 0 Å². The van der Waals surface area contributed by atoms with Gasteiger partial charge in [-0.15, -0.1) is 0 Å². The number of halogens is 6. The molecule has 0 saturated heterocycles. The zero-order valence-electron chi connectivity index (χ0n) is 18.3. The highest BCUT2D eigenvalue weighted by molar-refractivity contribution is 6.11. The van der Waals surface area contributed by atoms with E-state index in [1.165, 1.54) is 38.5 Å². The lowest BCUT2D eigenvalue weighted by Crippen LogP contribution is -2.20. The van der Waals surface area contributed by atoms with Crippen LogP contribution in [0.15, 0.2) is 56.8 Å². The minimum absolute atomic E-state index is 0.0525. The van der Waals surface area contributed by atoms with Crippen molar-refractivity contribution in [1.82, 2.24) is 0 Å². The third-order valence-electron chi connectivity index (χ3n) is 4.91. The van der Waals surface area contributed by atoms with Crippen LogP contribution in [0.1, 0.15) is 22.5 Å². The van der Waals surface area contributed by atoms with Crippen molar-refractivity contribution in [2.75, 3.05) is 14.2 Å². The molecular formula is C23H18F6N2O4. The maximum Gasteiger partial charge on any atom is 0.450 e. The van der Waals surface area contributed by atoms with E-state index >= 15 is 0 Å². The third kappa shape index (κ3) is 5.26. The van der Waals surface area contributed by atoms with Crippen molar-refractivity contribution >= 4 is 22.8 Å². The minimum Gasteiger partial charge on any atom is -0.493 e. The zero-order valence-corrected chi connectivity index (χ0v) is 18.3. The van der Waals surface area contributed by atoms with Crippen LogP contribution in [0.4, 0.5) is 26.3 Å². The molecule has 0 amide bonds. The molecule has 6 nitrogen and oxygen atoms in total. The average Bonchev–Trinajstić information content (AvgIpc) is 2.80. The molecule has 0 atom stereocenters. The molecule has 0 saturated carbocycles. The second-order valence-corrected chi connectivity index (χ2v) is 7.10. The van der Waals surface area contributed by atoms with Crippen LogP contribution in [0.25, 0.3) is 16.5 Å². The number of aliphatic imine (C=N–C) groups is 1. The largest absolute Gasteiger partial charge is 0.493 e. The number of fused-ring (bicyclic) bond motifs is 1. The Morgan fingerprint density at radius 1 is 1.00 bits per heavy atom. The number of ether oxygens (including phenoxy) is 2. The summed E-state index contributed by atoms with van der Waals surface area (Å²) in [5.74, 6) is -1.77. The van der Waals surface area contributed by atoms with Crippen molar-refractivity contribution in [1.29, 1.82) is 0 Å². The molecule has 0 aliphatic carbocycles. The summed E-state index contributed by atoms with van der Waals surface area (Å²) in [5.41, 5.74) is 2.22. The van der Waals surface area contributed by atoms with Gasteiger partial charge in [-0.1, -0.05) is 12.1 Å². The van der Waals surface area contributed by atoms with Gasteiger partial charge >= 0.3 is 12.4 Å². The van der Waals surface area contributed by atoms with Crippen LogP contribution in [0.5, 0.6) is 11.5 Å². The lowest BCUT2D eigenvalue weighted by Gasteiger charge is -2.15. The molecule has 2 aromatic carbocycles. The average molecular weight is 500 g/mol. The Morgan fingerprint density at radius 3 is 2.17 bits per heavy atom. The SMILES string of the molecule is COc1ccc2c(=O)c(/C(C=NCc3ccc(C(F)(F)F)cc3)=C/N)c(C(F)(F)F)oc2c1OC. The van der Waals surface area contributed by atoms with Crippen molar-refractivity contribution in [3.63, 3.8) is 0 Å². The number of rotatable bonds is 6. The highest BCUT2D eigenvalue weighted by atomic mass is 19.4. The van der Waals surface area contributed by atoms with E-state index in [0.717, 1.165) is 24.5 Å². The Kier molecular flexibility index (Phi) is 7.13. The van der Waals surface area contributed by atoms with Crippen LogP contribution in [0.3, 0.4) is 0 Å². The van der Waals surface area contributed by atoms with Gasteiger partial charge in [0, 0.05) is 18.0 Å². The van der Waals surface area contributed by atoms with Crippen molar-refractivity contribution in [2.24, 2.45) is 10.7 Å². The molecule has 0 bridgehead atoms. The number of hydrogen-bond donors (Lipinski definition) is 1. The standard InChI is InChI=1S/C23H18F6N2O4/c1-33-16-8-7-15-18(32)17(21(23(27,28)29)35-19(15)20(16)34-2)13(9-30)11-31-10-12-3-5-14(6-4-12)22(24,25)26/h3-9,11H,10,30H2,1-2H3/b13-9+,31-11?. The van der Waals surface area contributed by atoms with Gasteiger partial charge in [-0.2, -0.15) is 26.3 Å². The Morgan fingerprint density at radius 2 is 1.66 bits per heavy atom. The number of nitrogens with two attached hydrogens (primary N) is 1. The fraction of sp³-hybridized carbons (Fsp3) is 0.217. The first kappa shape index (κ1) is 25.7. The van der Waals surface area contributed by atoms with Crippen molar-refractivity contribution in [2.45, 2.75) is 18.9 Å². The summed E-state index contributed by atoms with van der Waals surface area (Å²) in [7, 11) is 2.45. The fourth-order valence-corrected chi connectivity index (χ4v) is 3.27. The van der Waals surface area contributed by atoms with E-state index in [0.29, 0.717) is 5.56 Å². The van der Waals surface area contributed by atoms with Gasteiger partial charge < -0.3 is 19.6 Å². The van der Waals surface area contributed by atoms with Gasteiger partial charge in [0.25, 0.3) is 0 Å². The summed E-state index contributed by atoms with van der Waals surface area (Å²) < 4.78 is 94.9. The normalized spacial score (nSPS) is 13.0. The van der Waals surface area contributed by atoms with Crippen molar-refractivity contribution in [3.05, 3.63) is 75.3 Å². The van der Waals surface area contributed by atoms with E-state index < -0.39 is 45.8 Å².